The lowest BCUT2D eigenvalue weighted by atomic mass is 10.1. The van der Waals surface area contributed by atoms with Gasteiger partial charge in [-0.05, 0) is 60.3 Å². The van der Waals surface area contributed by atoms with Gasteiger partial charge in [0.1, 0.15) is 23.8 Å². The summed E-state index contributed by atoms with van der Waals surface area (Å²) in [6.07, 6.45) is 0. The predicted molar refractivity (Wildman–Crippen MR) is 126 cm³/mol. The number of ether oxygens (including phenoxy) is 2. The van der Waals surface area contributed by atoms with Crippen LogP contribution in [0.15, 0.2) is 65.7 Å². The summed E-state index contributed by atoms with van der Waals surface area (Å²) in [6.45, 7) is 2.20. The van der Waals surface area contributed by atoms with Gasteiger partial charge in [0.25, 0.3) is 11.8 Å². The Morgan fingerprint density at radius 2 is 1.78 bits per heavy atom. The normalized spacial score (nSPS) is 13.7. The third-order valence-electron chi connectivity index (χ3n) is 5.04. The molecule has 8 heteroatoms. The van der Waals surface area contributed by atoms with Crippen molar-refractivity contribution in [3.63, 3.8) is 0 Å². The van der Waals surface area contributed by atoms with Gasteiger partial charge in [-0.2, -0.15) is 0 Å². The minimum absolute atomic E-state index is 0.123. The second-order valence-electron chi connectivity index (χ2n) is 7.10. The van der Waals surface area contributed by atoms with Crippen molar-refractivity contribution in [3.05, 3.63) is 81.1 Å². The molecule has 0 fully saturated rings. The number of carbonyl (C=O) groups is 2. The fraction of sp³-hybridized carbons (Fsp3) is 0.167. The maximum absolute atomic E-state index is 13.2. The maximum atomic E-state index is 13.2. The number of methoxy groups -OCH3 is 1. The molecule has 32 heavy (non-hydrogen) atoms. The zero-order chi connectivity index (χ0) is 22.7. The van der Waals surface area contributed by atoms with Crippen molar-refractivity contribution in [2.45, 2.75) is 6.92 Å². The number of thiophene rings is 1. The highest BCUT2D eigenvalue weighted by Gasteiger charge is 2.39. The van der Waals surface area contributed by atoms with Crippen LogP contribution in [0.3, 0.4) is 0 Å². The van der Waals surface area contributed by atoms with Crippen LogP contribution in [-0.2, 0) is 9.59 Å². The Kier molecular flexibility index (Phi) is 6.48. The van der Waals surface area contributed by atoms with Gasteiger partial charge >= 0.3 is 0 Å². The molecule has 0 atom stereocenters. The number of anilines is 1. The molecule has 0 spiro atoms. The SMILES string of the molecule is COc1ccc(OCCN2C(=O)C(Nc3cc(Cl)ccc3C)=C(c3cccs3)C2=O)cc1. The van der Waals surface area contributed by atoms with Gasteiger partial charge in [0.15, 0.2) is 0 Å². The van der Waals surface area contributed by atoms with E-state index in [1.54, 1.807) is 43.5 Å². The number of imide groups is 1. The van der Waals surface area contributed by atoms with E-state index in [1.165, 1.54) is 16.2 Å². The Bertz CT molecular complexity index is 1170. The summed E-state index contributed by atoms with van der Waals surface area (Å²) in [5.74, 6) is 0.609. The Morgan fingerprint density at radius 1 is 1.03 bits per heavy atom. The van der Waals surface area contributed by atoms with E-state index in [1.807, 2.05) is 30.5 Å². The number of hydrogen-bond acceptors (Lipinski definition) is 6. The lowest BCUT2D eigenvalue weighted by molar-refractivity contribution is -0.137. The molecule has 0 aliphatic carbocycles. The van der Waals surface area contributed by atoms with Crippen LogP contribution in [0.2, 0.25) is 5.02 Å². The predicted octanol–water partition coefficient (Wildman–Crippen LogP) is 4.99. The first-order valence-corrected chi connectivity index (χ1v) is 11.2. The van der Waals surface area contributed by atoms with Gasteiger partial charge in [-0.25, -0.2) is 0 Å². The first-order chi connectivity index (χ1) is 15.5. The summed E-state index contributed by atoms with van der Waals surface area (Å²) in [7, 11) is 1.59. The number of halogens is 1. The second-order valence-corrected chi connectivity index (χ2v) is 8.48. The van der Waals surface area contributed by atoms with Gasteiger partial charge in [0.05, 0.1) is 19.2 Å². The smallest absolute Gasteiger partial charge is 0.278 e. The highest BCUT2D eigenvalue weighted by Crippen LogP contribution is 2.34. The molecular weight excluding hydrogens is 448 g/mol. The average Bonchev–Trinajstić information content (AvgIpc) is 3.39. The van der Waals surface area contributed by atoms with Gasteiger partial charge in [0.2, 0.25) is 0 Å². The third kappa shape index (κ3) is 4.49. The Balaban J connectivity index is 1.54. The summed E-state index contributed by atoms with van der Waals surface area (Å²) < 4.78 is 10.9. The number of nitrogens with one attached hydrogen (secondary N) is 1. The fourth-order valence-corrected chi connectivity index (χ4v) is 4.27. The van der Waals surface area contributed by atoms with E-state index >= 15 is 0 Å². The number of carbonyl (C=O) groups excluding carboxylic acids is 2. The van der Waals surface area contributed by atoms with Crippen molar-refractivity contribution in [2.24, 2.45) is 0 Å². The van der Waals surface area contributed by atoms with Crippen LogP contribution in [0.1, 0.15) is 10.4 Å². The molecule has 0 bridgehead atoms. The molecule has 4 rings (SSSR count). The molecule has 2 heterocycles. The molecule has 2 amide bonds. The van der Waals surface area contributed by atoms with Crippen molar-refractivity contribution in [1.29, 1.82) is 0 Å². The molecule has 6 nitrogen and oxygen atoms in total. The Morgan fingerprint density at radius 3 is 2.47 bits per heavy atom. The fourth-order valence-electron chi connectivity index (χ4n) is 3.33. The standard InChI is InChI=1S/C24H21ClN2O4S/c1-15-5-6-16(25)14-19(15)26-22-21(20-4-3-13-32-20)23(28)27(24(22)29)11-12-31-18-9-7-17(30-2)8-10-18/h3-10,13-14,26H,11-12H2,1-2H3. The number of aryl methyl sites for hydroxylation is 1. The first-order valence-electron chi connectivity index (χ1n) is 9.92. The zero-order valence-electron chi connectivity index (χ0n) is 17.6. The summed E-state index contributed by atoms with van der Waals surface area (Å²) >= 11 is 7.54. The number of hydrogen-bond donors (Lipinski definition) is 1. The summed E-state index contributed by atoms with van der Waals surface area (Å²) in [5, 5.41) is 5.57. The van der Waals surface area contributed by atoms with Crippen LogP contribution in [0.25, 0.3) is 5.57 Å². The van der Waals surface area contributed by atoms with Crippen LogP contribution in [0.5, 0.6) is 11.5 Å². The number of amides is 2. The summed E-state index contributed by atoms with van der Waals surface area (Å²) in [4.78, 5) is 28.4. The highest BCUT2D eigenvalue weighted by molar-refractivity contribution is 7.11. The third-order valence-corrected chi connectivity index (χ3v) is 6.16. The molecule has 1 aromatic heterocycles. The zero-order valence-corrected chi connectivity index (χ0v) is 19.1. The maximum Gasteiger partial charge on any atom is 0.278 e. The molecule has 0 saturated carbocycles. The van der Waals surface area contributed by atoms with Crippen molar-refractivity contribution in [2.75, 3.05) is 25.6 Å². The van der Waals surface area contributed by atoms with Crippen LogP contribution in [-0.4, -0.2) is 37.0 Å². The van der Waals surface area contributed by atoms with E-state index in [9.17, 15) is 9.59 Å². The van der Waals surface area contributed by atoms with Crippen LogP contribution in [0, 0.1) is 6.92 Å². The molecule has 1 aliphatic rings. The quantitative estimate of drug-likeness (QED) is 0.472. The average molecular weight is 469 g/mol. The van der Waals surface area contributed by atoms with Crippen molar-refractivity contribution in [3.8, 4) is 11.5 Å². The second kappa shape index (κ2) is 9.46. The van der Waals surface area contributed by atoms with Crippen molar-refractivity contribution < 1.29 is 19.1 Å². The van der Waals surface area contributed by atoms with Gasteiger partial charge in [-0.15, -0.1) is 11.3 Å². The number of rotatable bonds is 8. The van der Waals surface area contributed by atoms with E-state index in [-0.39, 0.29) is 24.8 Å². The van der Waals surface area contributed by atoms with Crippen molar-refractivity contribution >= 4 is 46.0 Å². The Hall–Kier alpha value is -3.29. The van der Waals surface area contributed by atoms with E-state index in [2.05, 4.69) is 5.32 Å². The molecule has 1 aliphatic heterocycles. The van der Waals surface area contributed by atoms with Gasteiger partial charge < -0.3 is 14.8 Å². The molecule has 1 N–H and O–H groups in total. The van der Waals surface area contributed by atoms with Crippen LogP contribution in [0.4, 0.5) is 5.69 Å². The number of benzene rings is 2. The molecule has 0 radical (unpaired) electrons. The first kappa shape index (κ1) is 21.9. The largest absolute Gasteiger partial charge is 0.497 e. The summed E-state index contributed by atoms with van der Waals surface area (Å²) in [5.41, 5.74) is 2.19. The van der Waals surface area contributed by atoms with Crippen LogP contribution >= 0.6 is 22.9 Å². The molecule has 0 unspecified atom stereocenters. The minimum atomic E-state index is -0.392. The monoisotopic (exact) mass is 468 g/mol. The number of nitrogens with zero attached hydrogens (tertiary/aromatic N) is 1. The van der Waals surface area contributed by atoms with E-state index < -0.39 is 5.91 Å². The summed E-state index contributed by atoms with van der Waals surface area (Å²) in [6, 6.07) is 16.2. The van der Waals surface area contributed by atoms with Gasteiger partial charge in [-0.1, -0.05) is 23.7 Å². The molecule has 2 aromatic carbocycles. The lowest BCUT2D eigenvalue weighted by Crippen LogP contribution is -2.36. The Labute approximate surface area is 195 Å². The van der Waals surface area contributed by atoms with Gasteiger partial charge in [0, 0.05) is 15.6 Å². The minimum Gasteiger partial charge on any atom is -0.497 e. The van der Waals surface area contributed by atoms with Crippen molar-refractivity contribution in [1.82, 2.24) is 4.90 Å². The molecule has 0 saturated heterocycles. The highest BCUT2D eigenvalue weighted by atomic mass is 35.5. The molecular formula is C24H21ClN2O4S. The topological polar surface area (TPSA) is 67.9 Å². The van der Waals surface area contributed by atoms with Gasteiger partial charge in [-0.3, -0.25) is 14.5 Å². The lowest BCUT2D eigenvalue weighted by Gasteiger charge is -2.16. The van der Waals surface area contributed by atoms with E-state index in [4.69, 9.17) is 21.1 Å². The van der Waals surface area contributed by atoms with Crippen LogP contribution < -0.4 is 14.8 Å². The van der Waals surface area contributed by atoms with E-state index in [0.717, 1.165) is 16.2 Å². The molecule has 3 aromatic rings. The molecule has 164 valence electrons. The van der Waals surface area contributed by atoms with E-state index in [0.29, 0.717) is 22.0 Å².